The molecule has 2 aromatic carbocycles. The van der Waals surface area contributed by atoms with Crippen molar-refractivity contribution < 1.29 is 17.9 Å². The molecule has 0 heterocycles. The van der Waals surface area contributed by atoms with Crippen LogP contribution in [0.2, 0.25) is 0 Å². The lowest BCUT2D eigenvalue weighted by atomic mass is 10.2. The Bertz CT molecular complexity index is 578. The van der Waals surface area contributed by atoms with Crippen LogP contribution in [0.1, 0.15) is 11.1 Å². The molecule has 0 N–H and O–H groups in total. The molecule has 21 heavy (non-hydrogen) atoms. The van der Waals surface area contributed by atoms with Crippen LogP contribution in [0.4, 0.5) is 0 Å². The third-order valence-electron chi connectivity index (χ3n) is 2.96. The van der Waals surface area contributed by atoms with E-state index < -0.39 is 11.1 Å². The number of benzene rings is 2. The summed E-state index contributed by atoms with van der Waals surface area (Å²) in [7, 11) is 3.24. The summed E-state index contributed by atoms with van der Waals surface area (Å²) in [6.45, 7) is 0.312. The van der Waals surface area contributed by atoms with Gasteiger partial charge in [-0.3, -0.25) is 4.18 Å². The maximum atomic E-state index is 11.9. The molecule has 1 atom stereocenters. The molecule has 0 amide bonds. The lowest BCUT2D eigenvalue weighted by Gasteiger charge is -2.06. The van der Waals surface area contributed by atoms with E-state index in [1.807, 2.05) is 48.5 Å². The molecule has 4 nitrogen and oxygen atoms in total. The van der Waals surface area contributed by atoms with E-state index in [1.54, 1.807) is 14.2 Å². The van der Waals surface area contributed by atoms with Gasteiger partial charge in [-0.2, -0.15) is 0 Å². The first-order valence-corrected chi connectivity index (χ1v) is 7.73. The molecule has 0 saturated heterocycles. The topological polar surface area (TPSA) is 44.8 Å². The van der Waals surface area contributed by atoms with Gasteiger partial charge in [-0.05, 0) is 35.4 Å². The van der Waals surface area contributed by atoms with E-state index in [9.17, 15) is 4.21 Å². The van der Waals surface area contributed by atoms with Crippen LogP contribution in [-0.4, -0.2) is 18.4 Å². The molecule has 5 heteroatoms. The van der Waals surface area contributed by atoms with E-state index in [0.29, 0.717) is 12.4 Å². The summed E-state index contributed by atoms with van der Waals surface area (Å²) < 4.78 is 27.4. The van der Waals surface area contributed by atoms with Gasteiger partial charge in [0.2, 0.25) is 0 Å². The van der Waals surface area contributed by atoms with Crippen molar-refractivity contribution in [3.63, 3.8) is 0 Å². The summed E-state index contributed by atoms with van der Waals surface area (Å²) >= 11 is -1.36. The zero-order valence-electron chi connectivity index (χ0n) is 12.1. The van der Waals surface area contributed by atoms with Gasteiger partial charge in [-0.15, -0.1) is 0 Å². The molecule has 0 spiro atoms. The zero-order valence-corrected chi connectivity index (χ0v) is 12.9. The Morgan fingerprint density at radius 2 is 1.29 bits per heavy atom. The molecular weight excluding hydrogens is 288 g/mol. The normalized spacial score (nSPS) is 11.9. The largest absolute Gasteiger partial charge is 0.497 e. The Labute approximate surface area is 127 Å². The van der Waals surface area contributed by atoms with Crippen LogP contribution in [0.3, 0.4) is 0 Å². The predicted octanol–water partition coefficient (Wildman–Crippen LogP) is 3.08. The van der Waals surface area contributed by atoms with Crippen LogP contribution in [0.15, 0.2) is 48.5 Å². The van der Waals surface area contributed by atoms with Crippen LogP contribution < -0.4 is 9.47 Å². The van der Waals surface area contributed by atoms with Gasteiger partial charge in [0.1, 0.15) is 11.5 Å². The molecule has 0 aliphatic heterocycles. The quantitative estimate of drug-likeness (QED) is 0.788. The van der Waals surface area contributed by atoms with Crippen molar-refractivity contribution in [3.8, 4) is 11.5 Å². The molecule has 2 aromatic rings. The van der Waals surface area contributed by atoms with Gasteiger partial charge in [-0.25, -0.2) is 4.21 Å². The predicted molar refractivity (Wildman–Crippen MR) is 82.6 cm³/mol. The molecule has 1 unspecified atom stereocenters. The second-order valence-corrected chi connectivity index (χ2v) is 5.54. The van der Waals surface area contributed by atoms with Gasteiger partial charge in [0, 0.05) is 0 Å². The van der Waals surface area contributed by atoms with Crippen molar-refractivity contribution in [3.05, 3.63) is 59.7 Å². The third-order valence-corrected chi connectivity index (χ3v) is 3.91. The summed E-state index contributed by atoms with van der Waals surface area (Å²) in [5.74, 6) is 1.93. The van der Waals surface area contributed by atoms with E-state index in [1.165, 1.54) is 0 Å². The first-order chi connectivity index (χ1) is 10.2. The van der Waals surface area contributed by atoms with Crippen LogP contribution >= 0.6 is 0 Å². The Morgan fingerprint density at radius 1 is 0.810 bits per heavy atom. The lowest BCUT2D eigenvalue weighted by molar-refractivity contribution is 0.336. The van der Waals surface area contributed by atoms with E-state index in [2.05, 4.69) is 0 Å². The molecular formula is C16H18O4S. The van der Waals surface area contributed by atoms with E-state index in [0.717, 1.165) is 22.6 Å². The fraction of sp³-hybridized carbons (Fsp3) is 0.250. The minimum absolute atomic E-state index is 0.312. The molecule has 112 valence electrons. The molecule has 0 aliphatic rings. The van der Waals surface area contributed by atoms with Crippen LogP contribution in [0.25, 0.3) is 0 Å². The van der Waals surface area contributed by atoms with E-state index >= 15 is 0 Å². The highest BCUT2D eigenvalue weighted by Gasteiger charge is 2.04. The van der Waals surface area contributed by atoms with Crippen LogP contribution in [-0.2, 0) is 27.6 Å². The van der Waals surface area contributed by atoms with Crippen molar-refractivity contribution in [1.82, 2.24) is 0 Å². The summed E-state index contributed by atoms with van der Waals surface area (Å²) in [5, 5.41) is 0. The molecule has 0 radical (unpaired) electrons. The average Bonchev–Trinajstić information content (AvgIpc) is 2.54. The van der Waals surface area contributed by atoms with Gasteiger partial charge in [-0.1, -0.05) is 24.3 Å². The smallest absolute Gasteiger partial charge is 0.160 e. The Balaban J connectivity index is 1.83. The highest BCUT2D eigenvalue weighted by molar-refractivity contribution is 7.79. The molecule has 0 saturated carbocycles. The summed E-state index contributed by atoms with van der Waals surface area (Å²) in [4.78, 5) is 0. The maximum absolute atomic E-state index is 11.9. The van der Waals surface area contributed by atoms with Crippen molar-refractivity contribution >= 4 is 11.1 Å². The minimum Gasteiger partial charge on any atom is -0.497 e. The monoisotopic (exact) mass is 306 g/mol. The van der Waals surface area contributed by atoms with Gasteiger partial charge in [0.05, 0.1) is 26.6 Å². The van der Waals surface area contributed by atoms with Gasteiger partial charge >= 0.3 is 0 Å². The number of ether oxygens (including phenoxy) is 2. The fourth-order valence-corrected chi connectivity index (χ4v) is 2.57. The Morgan fingerprint density at radius 3 is 1.76 bits per heavy atom. The highest BCUT2D eigenvalue weighted by atomic mass is 32.2. The molecule has 0 aromatic heterocycles. The van der Waals surface area contributed by atoms with Gasteiger partial charge in [0.15, 0.2) is 11.1 Å². The highest BCUT2D eigenvalue weighted by Crippen LogP contribution is 2.15. The Hall–Kier alpha value is -1.85. The van der Waals surface area contributed by atoms with Crippen molar-refractivity contribution in [2.45, 2.75) is 12.4 Å². The molecule has 0 aliphatic carbocycles. The first-order valence-electron chi connectivity index (χ1n) is 6.49. The summed E-state index contributed by atoms with van der Waals surface area (Å²) in [6.07, 6.45) is 0. The first kappa shape index (κ1) is 15.5. The SMILES string of the molecule is COc1ccc(COS(=O)Cc2ccc(OC)cc2)cc1. The number of methoxy groups -OCH3 is 2. The molecule has 2 rings (SSSR count). The summed E-state index contributed by atoms with van der Waals surface area (Å²) in [5.41, 5.74) is 1.91. The fourth-order valence-electron chi connectivity index (χ4n) is 1.76. The molecule has 0 bridgehead atoms. The maximum Gasteiger partial charge on any atom is 0.160 e. The molecule has 0 fully saturated rings. The lowest BCUT2D eigenvalue weighted by Crippen LogP contribution is -2.01. The number of hydrogen-bond donors (Lipinski definition) is 0. The number of rotatable bonds is 7. The van der Waals surface area contributed by atoms with Crippen molar-refractivity contribution in [1.29, 1.82) is 0 Å². The minimum atomic E-state index is -1.36. The second kappa shape index (κ2) is 7.81. The number of hydrogen-bond acceptors (Lipinski definition) is 4. The summed E-state index contributed by atoms with van der Waals surface area (Å²) in [6, 6.07) is 14.9. The van der Waals surface area contributed by atoms with E-state index in [-0.39, 0.29) is 0 Å². The van der Waals surface area contributed by atoms with Crippen molar-refractivity contribution in [2.24, 2.45) is 0 Å². The standard InChI is InChI=1S/C16H18O4S/c1-18-15-7-3-13(4-8-15)11-20-21(17)12-14-5-9-16(19-2)10-6-14/h3-10H,11-12H2,1-2H3. The van der Waals surface area contributed by atoms with Crippen molar-refractivity contribution in [2.75, 3.05) is 14.2 Å². The van der Waals surface area contributed by atoms with E-state index in [4.69, 9.17) is 13.7 Å². The van der Waals surface area contributed by atoms with Crippen LogP contribution in [0, 0.1) is 0 Å². The zero-order chi connectivity index (χ0) is 15.1. The Kier molecular flexibility index (Phi) is 5.78. The van der Waals surface area contributed by atoms with Gasteiger partial charge < -0.3 is 9.47 Å². The average molecular weight is 306 g/mol. The second-order valence-electron chi connectivity index (χ2n) is 4.41. The third kappa shape index (κ3) is 4.88. The van der Waals surface area contributed by atoms with Gasteiger partial charge in [0.25, 0.3) is 0 Å². The van der Waals surface area contributed by atoms with Crippen LogP contribution in [0.5, 0.6) is 11.5 Å².